The Hall–Kier alpha value is -5.50. The first-order chi connectivity index (χ1) is 21.4. The molecule has 0 aromatic heterocycles. The number of ether oxygens (including phenoxy) is 2. The number of benzene rings is 5. The summed E-state index contributed by atoms with van der Waals surface area (Å²) in [6.45, 7) is 1.94. The molecule has 220 valence electrons. The van der Waals surface area contributed by atoms with Crippen molar-refractivity contribution in [3.63, 3.8) is 0 Å². The minimum Gasteiger partial charge on any atom is -0.487 e. The molecule has 44 heavy (non-hydrogen) atoms. The van der Waals surface area contributed by atoms with Gasteiger partial charge in [-0.25, -0.2) is 9.29 Å². The molecule has 8 heteroatoms. The number of anilines is 1. The lowest BCUT2D eigenvalue weighted by Crippen LogP contribution is -2.30. The van der Waals surface area contributed by atoms with Crippen molar-refractivity contribution >= 4 is 34.2 Å². The van der Waals surface area contributed by atoms with Crippen molar-refractivity contribution < 1.29 is 33.4 Å². The van der Waals surface area contributed by atoms with Crippen molar-refractivity contribution in [2.75, 3.05) is 4.90 Å². The number of aliphatic carboxylic acids is 1. The molecule has 0 spiro atoms. The van der Waals surface area contributed by atoms with Crippen LogP contribution in [0.15, 0.2) is 103 Å². The van der Waals surface area contributed by atoms with Crippen LogP contribution in [0.25, 0.3) is 10.8 Å². The van der Waals surface area contributed by atoms with Crippen LogP contribution in [0.2, 0.25) is 0 Å². The van der Waals surface area contributed by atoms with Crippen molar-refractivity contribution in [2.24, 2.45) is 0 Å². The Bertz CT molecular complexity index is 1790. The van der Waals surface area contributed by atoms with E-state index in [0.717, 1.165) is 22.1 Å². The molecule has 1 N–H and O–H groups in total. The first-order valence-electron chi connectivity index (χ1n) is 14.2. The number of fused-ring (bicyclic) bond motifs is 2. The Balaban J connectivity index is 1.50. The molecular weight excluding hydrogens is 561 g/mol. The van der Waals surface area contributed by atoms with E-state index in [1.807, 2.05) is 60.7 Å². The summed E-state index contributed by atoms with van der Waals surface area (Å²) in [6, 6.07) is 29.8. The van der Waals surface area contributed by atoms with E-state index in [0.29, 0.717) is 10.8 Å². The van der Waals surface area contributed by atoms with Crippen LogP contribution >= 0.6 is 0 Å². The second-order valence-corrected chi connectivity index (χ2v) is 10.5. The van der Waals surface area contributed by atoms with E-state index in [1.54, 1.807) is 31.2 Å². The first kappa shape index (κ1) is 28.6. The maximum absolute atomic E-state index is 15.6. The first-order valence-corrected chi connectivity index (χ1v) is 14.2. The summed E-state index contributed by atoms with van der Waals surface area (Å²) in [6.07, 6.45) is 0.248. The quantitative estimate of drug-likeness (QED) is 0.170. The van der Waals surface area contributed by atoms with Gasteiger partial charge in [-0.3, -0.25) is 14.4 Å². The fraction of sp³-hybridized carbons (Fsp3) is 0.139. The molecule has 5 aromatic carbocycles. The van der Waals surface area contributed by atoms with Gasteiger partial charge in [-0.15, -0.1) is 0 Å². The average molecular weight is 590 g/mol. The molecule has 1 aliphatic rings. The lowest BCUT2D eigenvalue weighted by Gasteiger charge is -2.17. The van der Waals surface area contributed by atoms with Crippen LogP contribution in [0.4, 0.5) is 10.1 Å². The molecule has 0 bridgehead atoms. The van der Waals surface area contributed by atoms with Crippen molar-refractivity contribution in [3.8, 4) is 11.5 Å². The van der Waals surface area contributed by atoms with Gasteiger partial charge in [-0.05, 0) is 35.2 Å². The Morgan fingerprint density at radius 1 is 0.750 bits per heavy atom. The van der Waals surface area contributed by atoms with E-state index >= 15 is 4.39 Å². The predicted molar refractivity (Wildman–Crippen MR) is 164 cm³/mol. The molecule has 0 aliphatic carbocycles. The molecule has 0 saturated heterocycles. The molecule has 1 atom stereocenters. The van der Waals surface area contributed by atoms with Crippen LogP contribution in [0.3, 0.4) is 0 Å². The van der Waals surface area contributed by atoms with Gasteiger partial charge in [0.25, 0.3) is 11.8 Å². The van der Waals surface area contributed by atoms with Crippen LogP contribution in [0.5, 0.6) is 11.5 Å². The summed E-state index contributed by atoms with van der Waals surface area (Å²) in [5.41, 5.74) is 1.62. The number of carboxylic acids is 1. The zero-order valence-corrected chi connectivity index (χ0v) is 23.8. The highest BCUT2D eigenvalue weighted by atomic mass is 19.1. The summed E-state index contributed by atoms with van der Waals surface area (Å²) in [5, 5.41) is 10.7. The molecular formula is C36H28FNO6. The number of hydrogen-bond acceptors (Lipinski definition) is 5. The number of amides is 2. The van der Waals surface area contributed by atoms with E-state index < -0.39 is 29.5 Å². The van der Waals surface area contributed by atoms with Crippen LogP contribution in [0.1, 0.15) is 56.7 Å². The van der Waals surface area contributed by atoms with E-state index in [2.05, 4.69) is 0 Å². The Kier molecular flexibility index (Phi) is 7.81. The van der Waals surface area contributed by atoms with Crippen LogP contribution in [-0.4, -0.2) is 22.9 Å². The number of carboxylic acid groups (broad SMARTS) is 1. The molecule has 1 aliphatic heterocycles. The highest BCUT2D eigenvalue weighted by Crippen LogP contribution is 2.47. The third kappa shape index (κ3) is 5.15. The SMILES string of the molecule is CCC(C(=O)O)c1ccc(N2C(=O)c3c(c(OCc4ccccc4)c4ccccc4c3OCc3ccccc3)C2=O)c(F)c1. The number of imide groups is 1. The van der Waals surface area contributed by atoms with E-state index in [-0.39, 0.29) is 53.5 Å². The lowest BCUT2D eigenvalue weighted by atomic mass is 9.96. The van der Waals surface area contributed by atoms with Crippen molar-refractivity contribution in [1.82, 2.24) is 0 Å². The average Bonchev–Trinajstić information content (AvgIpc) is 3.29. The molecule has 5 aromatic rings. The molecule has 0 fully saturated rings. The number of halogens is 1. The summed E-state index contributed by atoms with van der Waals surface area (Å²) < 4.78 is 28.2. The fourth-order valence-electron chi connectivity index (χ4n) is 5.55. The number of carbonyl (C=O) groups is 3. The van der Waals surface area contributed by atoms with Crippen molar-refractivity contribution in [2.45, 2.75) is 32.5 Å². The van der Waals surface area contributed by atoms with Gasteiger partial charge >= 0.3 is 5.97 Å². The standard InChI is InChI=1S/C36H28FNO6/c1-2-25(36(41)42)24-17-18-29(28(37)19-24)38-34(39)30-31(35(38)40)33(44-21-23-13-7-4-8-14-23)27-16-10-9-15-26(27)32(30)43-20-22-11-5-3-6-12-22/h3-19,25H,2,20-21H2,1H3,(H,41,42). The summed E-state index contributed by atoms with van der Waals surface area (Å²) in [7, 11) is 0. The predicted octanol–water partition coefficient (Wildman–Crippen LogP) is 7.52. The molecule has 7 nitrogen and oxygen atoms in total. The van der Waals surface area contributed by atoms with Gasteiger partial charge in [-0.1, -0.05) is 97.9 Å². The van der Waals surface area contributed by atoms with Crippen LogP contribution < -0.4 is 14.4 Å². The molecule has 0 saturated carbocycles. The maximum atomic E-state index is 15.6. The molecule has 0 radical (unpaired) electrons. The van der Waals surface area contributed by atoms with E-state index in [1.165, 1.54) is 12.1 Å². The summed E-state index contributed by atoms with van der Waals surface area (Å²) in [4.78, 5) is 40.8. The molecule has 6 rings (SSSR count). The van der Waals surface area contributed by atoms with Crippen LogP contribution in [0, 0.1) is 5.82 Å². The number of carbonyl (C=O) groups excluding carboxylic acids is 2. The summed E-state index contributed by atoms with van der Waals surface area (Å²) >= 11 is 0. The zero-order valence-electron chi connectivity index (χ0n) is 23.8. The van der Waals surface area contributed by atoms with Gasteiger partial charge in [0.1, 0.15) is 30.5 Å². The van der Waals surface area contributed by atoms with Crippen molar-refractivity contribution in [3.05, 3.63) is 137 Å². The number of rotatable bonds is 10. The maximum Gasteiger partial charge on any atom is 0.310 e. The number of hydrogen-bond donors (Lipinski definition) is 1. The molecule has 1 unspecified atom stereocenters. The third-order valence-electron chi connectivity index (χ3n) is 7.73. The van der Waals surface area contributed by atoms with Crippen molar-refractivity contribution in [1.29, 1.82) is 0 Å². The normalized spacial score (nSPS) is 13.2. The summed E-state index contributed by atoms with van der Waals surface area (Å²) in [5.74, 6) is -4.04. The van der Waals surface area contributed by atoms with Gasteiger partial charge in [0.2, 0.25) is 0 Å². The zero-order chi connectivity index (χ0) is 30.8. The Labute approximate surface area is 253 Å². The van der Waals surface area contributed by atoms with Gasteiger partial charge in [0, 0.05) is 10.8 Å². The second kappa shape index (κ2) is 12.0. The van der Waals surface area contributed by atoms with E-state index in [9.17, 15) is 19.5 Å². The van der Waals surface area contributed by atoms with Gasteiger partial charge in [0.15, 0.2) is 0 Å². The van der Waals surface area contributed by atoms with Gasteiger partial charge < -0.3 is 14.6 Å². The van der Waals surface area contributed by atoms with Gasteiger partial charge in [-0.2, -0.15) is 0 Å². The van der Waals surface area contributed by atoms with Crippen LogP contribution in [-0.2, 0) is 18.0 Å². The second-order valence-electron chi connectivity index (χ2n) is 10.5. The lowest BCUT2D eigenvalue weighted by molar-refractivity contribution is -0.138. The smallest absolute Gasteiger partial charge is 0.310 e. The third-order valence-corrected chi connectivity index (χ3v) is 7.73. The fourth-order valence-corrected chi connectivity index (χ4v) is 5.55. The minimum absolute atomic E-state index is 0.0202. The monoisotopic (exact) mass is 589 g/mol. The highest BCUT2D eigenvalue weighted by molar-refractivity contribution is 6.38. The minimum atomic E-state index is -1.09. The Morgan fingerprint density at radius 3 is 1.66 bits per heavy atom. The highest BCUT2D eigenvalue weighted by Gasteiger charge is 2.44. The van der Waals surface area contributed by atoms with E-state index in [4.69, 9.17) is 9.47 Å². The largest absolute Gasteiger partial charge is 0.487 e. The topological polar surface area (TPSA) is 93.1 Å². The molecule has 2 amide bonds. The van der Waals surface area contributed by atoms with Gasteiger partial charge in [0.05, 0.1) is 22.7 Å². The number of nitrogens with zero attached hydrogens (tertiary/aromatic N) is 1. The Morgan fingerprint density at radius 2 is 1.23 bits per heavy atom. The molecule has 1 heterocycles.